The Morgan fingerprint density at radius 3 is 2.78 bits per heavy atom. The van der Waals surface area contributed by atoms with Gasteiger partial charge >= 0.3 is 0 Å². The van der Waals surface area contributed by atoms with Crippen molar-refractivity contribution in [3.05, 3.63) is 61.4 Å². The van der Waals surface area contributed by atoms with Gasteiger partial charge in [-0.05, 0) is 64.4 Å². The predicted molar refractivity (Wildman–Crippen MR) is 85.0 cm³/mol. The Labute approximate surface area is 128 Å². The van der Waals surface area contributed by atoms with Gasteiger partial charge in [0.25, 0.3) is 0 Å². The quantitative estimate of drug-likeness (QED) is 0.457. The van der Waals surface area contributed by atoms with Crippen LogP contribution in [0.4, 0.5) is 0 Å². The lowest BCUT2D eigenvalue weighted by atomic mass is 10.00. The largest absolute Gasteiger partial charge is 0.271 e. The van der Waals surface area contributed by atoms with E-state index in [1.807, 2.05) is 25.4 Å². The van der Waals surface area contributed by atoms with Crippen molar-refractivity contribution in [1.29, 1.82) is 0 Å². The molecule has 0 saturated heterocycles. The number of aryl methyl sites for hydroxylation is 1. The molecule has 2 aromatic rings. The lowest BCUT2D eigenvalue weighted by Gasteiger charge is -2.18. The molecule has 0 amide bonds. The van der Waals surface area contributed by atoms with Gasteiger partial charge in [0, 0.05) is 20.4 Å². The lowest BCUT2D eigenvalue weighted by molar-refractivity contribution is 0.631. The summed E-state index contributed by atoms with van der Waals surface area (Å²) in [6.07, 6.45) is 3.68. The van der Waals surface area contributed by atoms with E-state index in [9.17, 15) is 0 Å². The molecule has 94 valence electrons. The Kier molecular flexibility index (Phi) is 4.71. The van der Waals surface area contributed by atoms with Crippen LogP contribution in [0.5, 0.6) is 0 Å². The summed E-state index contributed by atoms with van der Waals surface area (Å²) in [7, 11) is 0. The van der Waals surface area contributed by atoms with Crippen LogP contribution in [0.25, 0.3) is 0 Å². The molecule has 3 nitrogen and oxygen atoms in total. The number of halogens is 2. The van der Waals surface area contributed by atoms with Crippen LogP contribution in [0.15, 0.2) is 41.1 Å². The first-order chi connectivity index (χ1) is 8.61. The smallest absolute Gasteiger partial charge is 0.0735 e. The van der Waals surface area contributed by atoms with Gasteiger partial charge in [0.1, 0.15) is 0 Å². The van der Waals surface area contributed by atoms with E-state index in [1.54, 1.807) is 0 Å². The first-order valence-electron chi connectivity index (χ1n) is 5.44. The minimum atomic E-state index is -0.0539. The third-order valence-electron chi connectivity index (χ3n) is 2.67. The number of aromatic nitrogens is 1. The number of nitrogens with zero attached hydrogens (tertiary/aromatic N) is 1. The van der Waals surface area contributed by atoms with E-state index in [0.29, 0.717) is 0 Å². The molecule has 2 rings (SSSR count). The van der Waals surface area contributed by atoms with Crippen LogP contribution in [0.2, 0.25) is 0 Å². The van der Waals surface area contributed by atoms with E-state index in [0.717, 1.165) is 21.2 Å². The number of nitrogens with two attached hydrogens (primary N) is 1. The maximum Gasteiger partial charge on any atom is 0.0735 e. The number of hydrogen-bond donors (Lipinski definition) is 2. The fourth-order valence-corrected chi connectivity index (χ4v) is 2.86. The van der Waals surface area contributed by atoms with E-state index in [2.05, 4.69) is 67.1 Å². The van der Waals surface area contributed by atoms with Crippen molar-refractivity contribution < 1.29 is 0 Å². The van der Waals surface area contributed by atoms with Crippen molar-refractivity contribution in [2.75, 3.05) is 0 Å². The minimum absolute atomic E-state index is 0.0539. The van der Waals surface area contributed by atoms with Gasteiger partial charge in [-0.25, -0.2) is 5.43 Å². The van der Waals surface area contributed by atoms with Gasteiger partial charge in [0.05, 0.1) is 6.04 Å². The summed E-state index contributed by atoms with van der Waals surface area (Å²) in [6.45, 7) is 2.02. The van der Waals surface area contributed by atoms with Gasteiger partial charge in [0.2, 0.25) is 0 Å². The summed E-state index contributed by atoms with van der Waals surface area (Å²) in [6, 6.07) is 8.20. The van der Waals surface area contributed by atoms with Crippen molar-refractivity contribution in [3.8, 4) is 0 Å². The van der Waals surface area contributed by atoms with Crippen LogP contribution in [-0.4, -0.2) is 4.98 Å². The molecule has 0 radical (unpaired) electrons. The molecule has 3 N–H and O–H groups in total. The summed E-state index contributed by atoms with van der Waals surface area (Å²) in [4.78, 5) is 4.22. The molecule has 1 atom stereocenters. The van der Waals surface area contributed by atoms with Gasteiger partial charge in [-0.1, -0.05) is 22.0 Å². The van der Waals surface area contributed by atoms with Crippen molar-refractivity contribution in [2.24, 2.45) is 5.84 Å². The average molecular weight is 418 g/mol. The van der Waals surface area contributed by atoms with E-state index in [1.165, 1.54) is 3.57 Å². The molecule has 1 unspecified atom stereocenters. The van der Waals surface area contributed by atoms with Gasteiger partial charge in [-0.2, -0.15) is 0 Å². The number of hydrogen-bond acceptors (Lipinski definition) is 3. The van der Waals surface area contributed by atoms with Crippen molar-refractivity contribution in [3.63, 3.8) is 0 Å². The molecule has 18 heavy (non-hydrogen) atoms. The molecule has 1 aromatic heterocycles. The van der Waals surface area contributed by atoms with Gasteiger partial charge in [0.15, 0.2) is 0 Å². The summed E-state index contributed by atoms with van der Waals surface area (Å²) >= 11 is 5.81. The summed E-state index contributed by atoms with van der Waals surface area (Å²) in [5, 5.41) is 0. The molecule has 1 aromatic carbocycles. The highest BCUT2D eigenvalue weighted by Gasteiger charge is 2.16. The molecule has 0 fully saturated rings. The topological polar surface area (TPSA) is 50.9 Å². The molecule has 0 aliphatic carbocycles. The predicted octanol–water partition coefficient (Wildman–Crippen LogP) is 3.31. The highest BCUT2D eigenvalue weighted by Crippen LogP contribution is 2.28. The number of nitrogens with one attached hydrogen (secondary N) is 1. The Morgan fingerprint density at radius 1 is 1.33 bits per heavy atom. The van der Waals surface area contributed by atoms with E-state index >= 15 is 0 Å². The zero-order chi connectivity index (χ0) is 13.1. The Balaban J connectivity index is 2.48. The van der Waals surface area contributed by atoms with E-state index in [4.69, 9.17) is 5.84 Å². The standard InChI is InChI=1S/C13H13BrIN3/c1-8-4-9(7-17-6-8)13(18-16)11-5-10(14)2-3-12(11)15/h2-7,13,18H,16H2,1H3. The van der Waals surface area contributed by atoms with Crippen LogP contribution < -0.4 is 11.3 Å². The molecular weight excluding hydrogens is 405 g/mol. The minimum Gasteiger partial charge on any atom is -0.271 e. The van der Waals surface area contributed by atoms with Crippen molar-refractivity contribution in [2.45, 2.75) is 13.0 Å². The number of benzene rings is 1. The molecular formula is C13H13BrIN3. The Hall–Kier alpha value is -0.500. The second kappa shape index (κ2) is 6.10. The van der Waals surface area contributed by atoms with Crippen molar-refractivity contribution >= 4 is 38.5 Å². The summed E-state index contributed by atoms with van der Waals surface area (Å²) < 4.78 is 2.21. The summed E-state index contributed by atoms with van der Waals surface area (Å²) in [5.74, 6) is 5.71. The fraction of sp³-hybridized carbons (Fsp3) is 0.154. The monoisotopic (exact) mass is 417 g/mol. The molecule has 0 saturated carbocycles. The second-order valence-electron chi connectivity index (χ2n) is 4.06. The zero-order valence-corrected chi connectivity index (χ0v) is 13.6. The normalized spacial score (nSPS) is 12.4. The molecule has 0 spiro atoms. The Morgan fingerprint density at radius 2 is 2.11 bits per heavy atom. The zero-order valence-electron chi connectivity index (χ0n) is 9.82. The lowest BCUT2D eigenvalue weighted by Crippen LogP contribution is -2.29. The number of rotatable bonds is 3. The summed E-state index contributed by atoms with van der Waals surface area (Å²) in [5.41, 5.74) is 6.19. The van der Waals surface area contributed by atoms with E-state index < -0.39 is 0 Å². The first kappa shape index (κ1) is 13.9. The second-order valence-corrected chi connectivity index (χ2v) is 6.14. The highest BCUT2D eigenvalue weighted by atomic mass is 127. The average Bonchev–Trinajstić information content (AvgIpc) is 2.35. The SMILES string of the molecule is Cc1cncc(C(NN)c2cc(Br)ccc2I)c1. The van der Waals surface area contributed by atoms with Crippen molar-refractivity contribution in [1.82, 2.24) is 10.4 Å². The van der Waals surface area contributed by atoms with Crippen LogP contribution in [0, 0.1) is 10.5 Å². The molecule has 5 heteroatoms. The molecule has 0 bridgehead atoms. The van der Waals surface area contributed by atoms with Crippen LogP contribution in [0.1, 0.15) is 22.7 Å². The first-order valence-corrected chi connectivity index (χ1v) is 7.31. The van der Waals surface area contributed by atoms with E-state index in [-0.39, 0.29) is 6.04 Å². The number of pyridine rings is 1. The Bertz CT molecular complexity index is 560. The maximum atomic E-state index is 5.71. The highest BCUT2D eigenvalue weighted by molar-refractivity contribution is 14.1. The van der Waals surface area contributed by atoms with Crippen LogP contribution in [0.3, 0.4) is 0 Å². The molecule has 0 aliphatic heterocycles. The van der Waals surface area contributed by atoms with Crippen LogP contribution >= 0.6 is 38.5 Å². The maximum absolute atomic E-state index is 5.71. The number of hydrazine groups is 1. The third kappa shape index (κ3) is 3.09. The van der Waals surface area contributed by atoms with Crippen LogP contribution in [-0.2, 0) is 0 Å². The fourth-order valence-electron chi connectivity index (χ4n) is 1.84. The van der Waals surface area contributed by atoms with Gasteiger partial charge in [-0.3, -0.25) is 10.8 Å². The third-order valence-corrected chi connectivity index (χ3v) is 4.14. The molecule has 1 heterocycles. The van der Waals surface area contributed by atoms with Gasteiger partial charge in [-0.15, -0.1) is 0 Å². The molecule has 0 aliphatic rings. The van der Waals surface area contributed by atoms with Gasteiger partial charge < -0.3 is 0 Å².